The molecule has 4 nitrogen and oxygen atoms in total. The van der Waals surface area contributed by atoms with Crippen molar-refractivity contribution in [1.82, 2.24) is 0 Å². The zero-order valence-electron chi connectivity index (χ0n) is 13.0. The molecular weight excluding hydrogens is 312 g/mol. The summed E-state index contributed by atoms with van der Waals surface area (Å²) >= 11 is 0. The summed E-state index contributed by atoms with van der Waals surface area (Å²) in [5.74, 6) is 1.28. The fourth-order valence-corrected chi connectivity index (χ4v) is 3.07. The molecule has 0 aromatic heterocycles. The summed E-state index contributed by atoms with van der Waals surface area (Å²) in [5, 5.41) is 0. The third kappa shape index (κ3) is 6.24. The molecule has 0 aliphatic rings. The molecule has 0 amide bonds. The summed E-state index contributed by atoms with van der Waals surface area (Å²) < 4.78 is 33.9. The number of halogens is 1. The molecule has 0 radical (unpaired) electrons. The van der Waals surface area contributed by atoms with Crippen molar-refractivity contribution in [3.8, 4) is 5.75 Å². The van der Waals surface area contributed by atoms with Crippen LogP contribution in [0.2, 0.25) is 0 Å². The van der Waals surface area contributed by atoms with Crippen LogP contribution < -0.4 is 4.74 Å². The molecule has 0 spiro atoms. The predicted octanol–water partition coefficient (Wildman–Crippen LogP) is 3.67. The van der Waals surface area contributed by atoms with Gasteiger partial charge in [-0.15, -0.1) is 0 Å². The third-order valence-electron chi connectivity index (χ3n) is 3.06. The van der Waals surface area contributed by atoms with E-state index in [-0.39, 0.29) is 4.90 Å². The van der Waals surface area contributed by atoms with Crippen LogP contribution >= 0.6 is 10.7 Å². The molecule has 1 aromatic carbocycles. The van der Waals surface area contributed by atoms with E-state index in [1.807, 2.05) is 0 Å². The van der Waals surface area contributed by atoms with Gasteiger partial charge in [-0.05, 0) is 49.4 Å². The Bertz CT molecular complexity index is 567. The lowest BCUT2D eigenvalue weighted by Crippen LogP contribution is -2.09. The van der Waals surface area contributed by atoms with E-state index in [0.717, 1.165) is 18.6 Å². The van der Waals surface area contributed by atoms with Crippen LogP contribution in [0.4, 0.5) is 0 Å². The first-order valence-electron chi connectivity index (χ1n) is 6.98. The van der Waals surface area contributed by atoms with Crippen molar-refractivity contribution < 1.29 is 17.9 Å². The Morgan fingerprint density at radius 3 is 2.33 bits per heavy atom. The molecule has 120 valence electrons. The van der Waals surface area contributed by atoms with Gasteiger partial charge in [0, 0.05) is 17.3 Å². The number of ether oxygens (including phenoxy) is 2. The summed E-state index contributed by atoms with van der Waals surface area (Å²) in [7, 11) is 1.67. The molecule has 0 fully saturated rings. The number of hydrogen-bond acceptors (Lipinski definition) is 4. The van der Waals surface area contributed by atoms with E-state index in [9.17, 15) is 8.42 Å². The molecule has 0 aliphatic carbocycles. The molecule has 0 atom stereocenters. The SMILES string of the molecule is Cc1cc(S(=O)(=O)Cl)c(C)cc1OCCOCCC(C)C. The highest BCUT2D eigenvalue weighted by Crippen LogP contribution is 2.27. The van der Waals surface area contributed by atoms with Crippen molar-refractivity contribution in [2.45, 2.75) is 39.0 Å². The maximum Gasteiger partial charge on any atom is 0.261 e. The Balaban J connectivity index is 2.56. The van der Waals surface area contributed by atoms with E-state index in [1.165, 1.54) is 6.07 Å². The Kier molecular flexibility index (Phi) is 6.97. The van der Waals surface area contributed by atoms with Crippen molar-refractivity contribution in [3.63, 3.8) is 0 Å². The largest absolute Gasteiger partial charge is 0.491 e. The minimum absolute atomic E-state index is 0.127. The number of benzene rings is 1. The fraction of sp³-hybridized carbons (Fsp3) is 0.600. The minimum atomic E-state index is -3.72. The van der Waals surface area contributed by atoms with Gasteiger partial charge in [0.25, 0.3) is 9.05 Å². The lowest BCUT2D eigenvalue weighted by molar-refractivity contribution is 0.0923. The monoisotopic (exact) mass is 334 g/mol. The van der Waals surface area contributed by atoms with Gasteiger partial charge >= 0.3 is 0 Å². The van der Waals surface area contributed by atoms with E-state index >= 15 is 0 Å². The quantitative estimate of drug-likeness (QED) is 0.537. The molecule has 21 heavy (non-hydrogen) atoms. The summed E-state index contributed by atoms with van der Waals surface area (Å²) in [6, 6.07) is 3.23. The maximum atomic E-state index is 11.4. The van der Waals surface area contributed by atoms with Crippen molar-refractivity contribution in [1.29, 1.82) is 0 Å². The second-order valence-electron chi connectivity index (χ2n) is 5.46. The molecule has 0 saturated carbocycles. The van der Waals surface area contributed by atoms with Crippen LogP contribution in [0.15, 0.2) is 17.0 Å². The Morgan fingerprint density at radius 2 is 1.76 bits per heavy atom. The second-order valence-corrected chi connectivity index (χ2v) is 8.00. The summed E-state index contributed by atoms with van der Waals surface area (Å²) in [5.41, 5.74) is 1.31. The van der Waals surface area contributed by atoms with Gasteiger partial charge in [-0.3, -0.25) is 0 Å². The highest BCUT2D eigenvalue weighted by Gasteiger charge is 2.15. The standard InChI is InChI=1S/C15H23ClO4S/c1-11(2)5-6-19-7-8-20-14-9-13(4)15(10-12(14)3)21(16,17)18/h9-11H,5-8H2,1-4H3. The maximum absolute atomic E-state index is 11.4. The van der Waals surface area contributed by atoms with Crippen LogP contribution in [-0.4, -0.2) is 28.2 Å². The molecule has 6 heteroatoms. The smallest absolute Gasteiger partial charge is 0.261 e. The molecule has 0 bridgehead atoms. The first kappa shape index (κ1) is 18.3. The molecule has 0 N–H and O–H groups in total. The lowest BCUT2D eigenvalue weighted by atomic mass is 10.1. The Labute approximate surface area is 131 Å². The average molecular weight is 335 g/mol. The van der Waals surface area contributed by atoms with Crippen LogP contribution in [0.5, 0.6) is 5.75 Å². The molecule has 0 saturated heterocycles. The zero-order valence-corrected chi connectivity index (χ0v) is 14.6. The topological polar surface area (TPSA) is 52.6 Å². The summed E-state index contributed by atoms with van der Waals surface area (Å²) in [6.07, 6.45) is 1.03. The molecule has 0 heterocycles. The number of hydrogen-bond donors (Lipinski definition) is 0. The Hall–Kier alpha value is -0.780. The molecule has 0 aliphatic heterocycles. The molecular formula is C15H23ClO4S. The zero-order chi connectivity index (χ0) is 16.0. The second kappa shape index (κ2) is 8.01. The van der Waals surface area contributed by atoms with Crippen molar-refractivity contribution in [3.05, 3.63) is 23.3 Å². The Morgan fingerprint density at radius 1 is 1.10 bits per heavy atom. The van der Waals surface area contributed by atoms with Gasteiger partial charge in [0.2, 0.25) is 0 Å². The first-order chi connectivity index (χ1) is 9.71. The van der Waals surface area contributed by atoms with Gasteiger partial charge in [-0.25, -0.2) is 8.42 Å². The van der Waals surface area contributed by atoms with Crippen LogP contribution in [0, 0.1) is 19.8 Å². The normalized spacial score (nSPS) is 11.9. The van der Waals surface area contributed by atoms with E-state index in [1.54, 1.807) is 19.9 Å². The van der Waals surface area contributed by atoms with Crippen LogP contribution in [0.3, 0.4) is 0 Å². The summed E-state index contributed by atoms with van der Waals surface area (Å²) in [4.78, 5) is 0.127. The van der Waals surface area contributed by atoms with E-state index < -0.39 is 9.05 Å². The molecule has 1 rings (SSSR count). The van der Waals surface area contributed by atoms with Crippen molar-refractivity contribution in [2.24, 2.45) is 5.92 Å². The van der Waals surface area contributed by atoms with Gasteiger partial charge < -0.3 is 9.47 Å². The van der Waals surface area contributed by atoms with Crippen molar-refractivity contribution in [2.75, 3.05) is 19.8 Å². The van der Waals surface area contributed by atoms with Crippen LogP contribution in [0.25, 0.3) is 0 Å². The first-order valence-corrected chi connectivity index (χ1v) is 9.29. The number of aryl methyl sites for hydroxylation is 2. The van der Waals surface area contributed by atoms with E-state index in [0.29, 0.717) is 30.4 Å². The summed E-state index contributed by atoms with van der Waals surface area (Å²) in [6.45, 7) is 9.46. The van der Waals surface area contributed by atoms with Gasteiger partial charge in [-0.1, -0.05) is 13.8 Å². The average Bonchev–Trinajstić information content (AvgIpc) is 2.35. The minimum Gasteiger partial charge on any atom is -0.491 e. The lowest BCUT2D eigenvalue weighted by Gasteiger charge is -2.12. The van der Waals surface area contributed by atoms with Gasteiger partial charge in [0.1, 0.15) is 12.4 Å². The van der Waals surface area contributed by atoms with Gasteiger partial charge in [0.15, 0.2) is 0 Å². The van der Waals surface area contributed by atoms with Crippen LogP contribution in [-0.2, 0) is 13.8 Å². The van der Waals surface area contributed by atoms with Crippen LogP contribution in [0.1, 0.15) is 31.4 Å². The van der Waals surface area contributed by atoms with Crippen molar-refractivity contribution >= 4 is 19.7 Å². The van der Waals surface area contributed by atoms with Gasteiger partial charge in [0.05, 0.1) is 11.5 Å². The number of rotatable bonds is 8. The molecule has 0 unspecified atom stereocenters. The molecule has 1 aromatic rings. The van der Waals surface area contributed by atoms with E-state index in [4.69, 9.17) is 20.2 Å². The predicted molar refractivity (Wildman–Crippen MR) is 84.7 cm³/mol. The highest BCUT2D eigenvalue weighted by atomic mass is 35.7. The van der Waals surface area contributed by atoms with E-state index in [2.05, 4.69) is 13.8 Å². The fourth-order valence-electron chi connectivity index (χ4n) is 1.81. The van der Waals surface area contributed by atoms with Gasteiger partial charge in [-0.2, -0.15) is 0 Å². The third-order valence-corrected chi connectivity index (χ3v) is 4.52. The highest BCUT2D eigenvalue weighted by molar-refractivity contribution is 8.13.